The first-order valence-electron chi connectivity index (χ1n) is 8.30. The normalized spacial score (nSPS) is 23.3. The number of rotatable bonds is 2. The molecule has 24 heavy (non-hydrogen) atoms. The molecule has 4 rings (SSSR count). The molecule has 1 aromatic heterocycles. The van der Waals surface area contributed by atoms with Crippen molar-refractivity contribution in [3.05, 3.63) is 41.4 Å². The number of carbonyl (C=O) groups is 1. The van der Waals surface area contributed by atoms with E-state index in [-0.39, 0.29) is 23.9 Å². The van der Waals surface area contributed by atoms with Crippen LogP contribution in [0.1, 0.15) is 35.4 Å². The van der Waals surface area contributed by atoms with E-state index in [0.29, 0.717) is 35.7 Å². The van der Waals surface area contributed by atoms with Crippen LogP contribution < -0.4 is 0 Å². The van der Waals surface area contributed by atoms with Crippen LogP contribution in [0.4, 0.5) is 4.39 Å². The molecule has 2 atom stereocenters. The van der Waals surface area contributed by atoms with Gasteiger partial charge in [0.15, 0.2) is 0 Å². The fourth-order valence-electron chi connectivity index (χ4n) is 3.75. The lowest BCUT2D eigenvalue weighted by molar-refractivity contribution is -0.0445. The highest BCUT2D eigenvalue weighted by Crippen LogP contribution is 2.33. The second kappa shape index (κ2) is 6.02. The number of amides is 1. The molecular weight excluding hydrogens is 311 g/mol. The van der Waals surface area contributed by atoms with Gasteiger partial charge in [0.2, 0.25) is 0 Å². The number of hydrogen-bond donors (Lipinski definition) is 0. The number of halogens is 1. The average molecular weight is 330 g/mol. The van der Waals surface area contributed by atoms with E-state index in [1.54, 1.807) is 19.1 Å². The van der Waals surface area contributed by atoms with E-state index < -0.39 is 0 Å². The van der Waals surface area contributed by atoms with Gasteiger partial charge in [-0.05, 0) is 50.5 Å². The lowest BCUT2D eigenvalue weighted by Gasteiger charge is -2.37. The summed E-state index contributed by atoms with van der Waals surface area (Å²) in [6, 6.07) is 6.06. The summed E-state index contributed by atoms with van der Waals surface area (Å²) in [5.41, 5.74) is 1.61. The lowest BCUT2D eigenvalue weighted by atomic mass is 10.0. The summed E-state index contributed by atoms with van der Waals surface area (Å²) in [4.78, 5) is 15.1. The number of fused-ring (bicyclic) bond motifs is 1. The number of benzene rings is 1. The van der Waals surface area contributed by atoms with Gasteiger partial charge in [-0.1, -0.05) is 5.16 Å². The molecule has 5 nitrogen and oxygen atoms in total. The van der Waals surface area contributed by atoms with E-state index in [0.717, 1.165) is 19.3 Å². The monoisotopic (exact) mass is 330 g/mol. The Morgan fingerprint density at radius 3 is 2.88 bits per heavy atom. The maximum absolute atomic E-state index is 13.2. The third kappa shape index (κ3) is 2.51. The SMILES string of the molecule is Cc1onc(-c2ccc(F)cc2)c1C(=O)N1CCOC2CCCC21. The van der Waals surface area contributed by atoms with Crippen LogP contribution in [-0.4, -0.2) is 41.3 Å². The van der Waals surface area contributed by atoms with Crippen LogP contribution in [0.25, 0.3) is 11.3 Å². The molecule has 0 bridgehead atoms. The first-order valence-corrected chi connectivity index (χ1v) is 8.30. The van der Waals surface area contributed by atoms with Crippen LogP contribution in [0.15, 0.2) is 28.8 Å². The van der Waals surface area contributed by atoms with Crippen LogP contribution >= 0.6 is 0 Å². The van der Waals surface area contributed by atoms with Crippen molar-refractivity contribution in [3.63, 3.8) is 0 Å². The quantitative estimate of drug-likeness (QED) is 0.848. The Morgan fingerprint density at radius 1 is 1.29 bits per heavy atom. The van der Waals surface area contributed by atoms with E-state index in [4.69, 9.17) is 9.26 Å². The molecule has 0 radical (unpaired) electrons. The van der Waals surface area contributed by atoms with Gasteiger partial charge in [0, 0.05) is 12.1 Å². The maximum Gasteiger partial charge on any atom is 0.260 e. The van der Waals surface area contributed by atoms with Crippen LogP contribution in [0.2, 0.25) is 0 Å². The Balaban J connectivity index is 1.69. The Hall–Kier alpha value is -2.21. The summed E-state index contributed by atoms with van der Waals surface area (Å²) in [6.45, 7) is 2.87. The molecule has 0 spiro atoms. The molecule has 1 amide bonds. The molecule has 0 N–H and O–H groups in total. The van der Waals surface area contributed by atoms with Crippen molar-refractivity contribution >= 4 is 5.91 Å². The molecule has 1 aromatic carbocycles. The highest BCUT2D eigenvalue weighted by atomic mass is 19.1. The fraction of sp³-hybridized carbons (Fsp3) is 0.444. The standard InChI is InChI=1S/C18H19FN2O3/c1-11-16(17(20-24-11)12-5-7-13(19)8-6-12)18(22)21-9-10-23-15-4-2-3-14(15)21/h5-8,14-15H,2-4,9-10H2,1H3. The van der Waals surface area contributed by atoms with Crippen molar-refractivity contribution in [2.75, 3.05) is 13.2 Å². The largest absolute Gasteiger partial charge is 0.374 e. The van der Waals surface area contributed by atoms with Crippen LogP contribution in [0.3, 0.4) is 0 Å². The molecule has 1 saturated heterocycles. The highest BCUT2D eigenvalue weighted by Gasteiger charge is 2.40. The van der Waals surface area contributed by atoms with E-state index in [9.17, 15) is 9.18 Å². The van der Waals surface area contributed by atoms with Crippen molar-refractivity contribution in [2.45, 2.75) is 38.3 Å². The Kier molecular flexibility index (Phi) is 3.84. The van der Waals surface area contributed by atoms with Crippen molar-refractivity contribution in [1.29, 1.82) is 0 Å². The highest BCUT2D eigenvalue weighted by molar-refractivity contribution is 6.01. The zero-order valence-corrected chi connectivity index (χ0v) is 13.5. The van der Waals surface area contributed by atoms with E-state index in [2.05, 4.69) is 5.16 Å². The summed E-state index contributed by atoms with van der Waals surface area (Å²) in [5.74, 6) is 0.0856. The predicted molar refractivity (Wildman–Crippen MR) is 85.0 cm³/mol. The maximum atomic E-state index is 13.2. The van der Waals surface area contributed by atoms with E-state index >= 15 is 0 Å². The Bertz CT molecular complexity index is 756. The summed E-state index contributed by atoms with van der Waals surface area (Å²) in [6.07, 6.45) is 3.18. The van der Waals surface area contributed by atoms with Crippen LogP contribution in [0.5, 0.6) is 0 Å². The minimum atomic E-state index is -0.325. The topological polar surface area (TPSA) is 55.6 Å². The molecule has 1 saturated carbocycles. The third-order valence-corrected chi connectivity index (χ3v) is 4.94. The number of aryl methyl sites for hydroxylation is 1. The van der Waals surface area contributed by atoms with Gasteiger partial charge in [0.05, 0.1) is 18.8 Å². The lowest BCUT2D eigenvalue weighted by Crippen LogP contribution is -2.51. The number of nitrogens with zero attached hydrogens (tertiary/aromatic N) is 2. The zero-order chi connectivity index (χ0) is 16.7. The van der Waals surface area contributed by atoms with Crippen molar-refractivity contribution in [2.24, 2.45) is 0 Å². The summed E-state index contributed by atoms with van der Waals surface area (Å²) < 4.78 is 24.2. The van der Waals surface area contributed by atoms with Crippen molar-refractivity contribution < 1.29 is 18.4 Å². The van der Waals surface area contributed by atoms with E-state index in [1.165, 1.54) is 12.1 Å². The molecule has 2 unspecified atom stereocenters. The van der Waals surface area contributed by atoms with Crippen molar-refractivity contribution in [1.82, 2.24) is 10.1 Å². The molecule has 126 valence electrons. The van der Waals surface area contributed by atoms with Crippen LogP contribution in [-0.2, 0) is 4.74 Å². The Labute approximate surface area is 139 Å². The summed E-state index contributed by atoms with van der Waals surface area (Å²) >= 11 is 0. The molecule has 2 aromatic rings. The number of hydrogen-bond acceptors (Lipinski definition) is 4. The molecular formula is C18H19FN2O3. The molecule has 1 aliphatic carbocycles. The number of aromatic nitrogens is 1. The minimum Gasteiger partial charge on any atom is -0.374 e. The molecule has 2 aliphatic rings. The predicted octanol–water partition coefficient (Wildman–Crippen LogP) is 3.18. The average Bonchev–Trinajstić information content (AvgIpc) is 3.21. The van der Waals surface area contributed by atoms with Gasteiger partial charge in [-0.15, -0.1) is 0 Å². The van der Waals surface area contributed by atoms with Gasteiger partial charge in [0.1, 0.15) is 22.8 Å². The molecule has 6 heteroatoms. The second-order valence-corrected chi connectivity index (χ2v) is 6.38. The van der Waals surface area contributed by atoms with Gasteiger partial charge in [-0.2, -0.15) is 0 Å². The Morgan fingerprint density at radius 2 is 2.08 bits per heavy atom. The van der Waals surface area contributed by atoms with Gasteiger partial charge >= 0.3 is 0 Å². The minimum absolute atomic E-state index is 0.0757. The van der Waals surface area contributed by atoms with Crippen LogP contribution in [0, 0.1) is 12.7 Å². The number of ether oxygens (including phenoxy) is 1. The third-order valence-electron chi connectivity index (χ3n) is 4.94. The fourth-order valence-corrected chi connectivity index (χ4v) is 3.75. The first kappa shape index (κ1) is 15.3. The van der Waals surface area contributed by atoms with E-state index in [1.807, 2.05) is 4.90 Å². The summed E-state index contributed by atoms with van der Waals surface area (Å²) in [7, 11) is 0. The zero-order valence-electron chi connectivity index (χ0n) is 13.5. The molecule has 2 fully saturated rings. The van der Waals surface area contributed by atoms with Gasteiger partial charge in [-0.3, -0.25) is 4.79 Å². The number of morpholine rings is 1. The van der Waals surface area contributed by atoms with Gasteiger partial charge < -0.3 is 14.2 Å². The summed E-state index contributed by atoms with van der Waals surface area (Å²) in [5, 5.41) is 4.04. The van der Waals surface area contributed by atoms with Gasteiger partial charge in [0.25, 0.3) is 5.91 Å². The number of carbonyl (C=O) groups excluding carboxylic acids is 1. The van der Waals surface area contributed by atoms with Gasteiger partial charge in [-0.25, -0.2) is 4.39 Å². The molecule has 2 heterocycles. The smallest absolute Gasteiger partial charge is 0.260 e. The van der Waals surface area contributed by atoms with Crippen molar-refractivity contribution in [3.8, 4) is 11.3 Å². The first-order chi connectivity index (χ1) is 11.6. The second-order valence-electron chi connectivity index (χ2n) is 6.38. The molecule has 1 aliphatic heterocycles.